The maximum absolute atomic E-state index is 10.9. The van der Waals surface area contributed by atoms with Crippen LogP contribution in [0.15, 0.2) is 65.4 Å². The van der Waals surface area contributed by atoms with E-state index in [9.17, 15) is 10.2 Å². The highest BCUT2D eigenvalue weighted by atomic mass is 16.4. The number of nitrogens with zero attached hydrogens (tertiary/aromatic N) is 3. The highest BCUT2D eigenvalue weighted by molar-refractivity contribution is 5.27. The van der Waals surface area contributed by atoms with Crippen molar-refractivity contribution in [1.82, 2.24) is 20.4 Å². The summed E-state index contributed by atoms with van der Waals surface area (Å²) in [6.07, 6.45) is 3.29. The monoisotopic (exact) mass is 446 g/mol. The van der Waals surface area contributed by atoms with Gasteiger partial charge in [0.15, 0.2) is 0 Å². The Balaban J connectivity index is 1.01. The van der Waals surface area contributed by atoms with Crippen molar-refractivity contribution in [3.63, 3.8) is 0 Å². The second-order valence-electron chi connectivity index (χ2n) is 9.81. The molecule has 3 N–H and O–H groups in total. The predicted octanol–water partition coefficient (Wildman–Crippen LogP) is 2.80. The Morgan fingerprint density at radius 2 is 1.73 bits per heavy atom. The molecule has 0 amide bonds. The van der Waals surface area contributed by atoms with Crippen LogP contribution in [0.1, 0.15) is 53.7 Å². The van der Waals surface area contributed by atoms with Gasteiger partial charge in [0.1, 0.15) is 6.23 Å². The number of benzene rings is 2. The van der Waals surface area contributed by atoms with Gasteiger partial charge < -0.3 is 19.9 Å². The Hall–Kier alpha value is -2.58. The maximum atomic E-state index is 10.9. The minimum Gasteiger partial charge on any atom is -0.428 e. The van der Waals surface area contributed by atoms with Crippen LogP contribution in [0, 0.1) is 11.8 Å². The molecule has 1 aromatic heterocycles. The van der Waals surface area contributed by atoms with Gasteiger partial charge in [0.25, 0.3) is 0 Å². The number of piperidine rings is 1. The van der Waals surface area contributed by atoms with Crippen LogP contribution in [-0.2, 0) is 6.42 Å². The molecule has 33 heavy (non-hydrogen) atoms. The van der Waals surface area contributed by atoms with E-state index in [0.717, 1.165) is 49.4 Å². The summed E-state index contributed by atoms with van der Waals surface area (Å²) in [7, 11) is 0. The van der Waals surface area contributed by atoms with E-state index in [-0.39, 0.29) is 6.04 Å². The Labute approximate surface area is 193 Å². The summed E-state index contributed by atoms with van der Waals surface area (Å²) in [4.78, 5) is 2.14. The summed E-state index contributed by atoms with van der Waals surface area (Å²) in [6, 6.07) is 18.7. The first-order valence-corrected chi connectivity index (χ1v) is 11.9. The second kappa shape index (κ2) is 8.65. The lowest BCUT2D eigenvalue weighted by Crippen LogP contribution is -2.35. The van der Waals surface area contributed by atoms with Crippen molar-refractivity contribution < 1.29 is 14.6 Å². The fourth-order valence-corrected chi connectivity index (χ4v) is 5.92. The number of nitrogens with one attached hydrogen (secondary N) is 1. The van der Waals surface area contributed by atoms with Crippen LogP contribution >= 0.6 is 0 Å². The predicted molar refractivity (Wildman–Crippen MR) is 122 cm³/mol. The number of fused-ring (bicyclic) bond motifs is 1. The molecule has 3 unspecified atom stereocenters. The molecule has 2 aliphatic heterocycles. The molecule has 3 aromatic rings. The molecule has 3 aliphatic rings. The van der Waals surface area contributed by atoms with E-state index in [1.54, 1.807) is 0 Å². The zero-order valence-electron chi connectivity index (χ0n) is 18.5. The van der Waals surface area contributed by atoms with Gasteiger partial charge in [-0.2, -0.15) is 0 Å². The Morgan fingerprint density at radius 1 is 0.970 bits per heavy atom. The Morgan fingerprint density at radius 3 is 2.42 bits per heavy atom. The van der Waals surface area contributed by atoms with Crippen LogP contribution in [0.3, 0.4) is 0 Å². The average Bonchev–Trinajstić information content (AvgIpc) is 3.38. The fraction of sp³-hybridized carbons (Fsp3) is 0.462. The van der Waals surface area contributed by atoms with Gasteiger partial charge in [-0.1, -0.05) is 54.6 Å². The fourth-order valence-electron chi connectivity index (χ4n) is 5.92. The van der Waals surface area contributed by atoms with E-state index >= 15 is 0 Å². The van der Waals surface area contributed by atoms with Gasteiger partial charge in [-0.25, -0.2) is 0 Å². The third kappa shape index (κ3) is 4.10. The van der Waals surface area contributed by atoms with Crippen molar-refractivity contribution >= 4 is 0 Å². The van der Waals surface area contributed by atoms with Crippen molar-refractivity contribution in [2.45, 2.75) is 49.6 Å². The van der Waals surface area contributed by atoms with Gasteiger partial charge in [0.2, 0.25) is 12.3 Å². The molecule has 172 valence electrons. The highest BCUT2D eigenvalue weighted by Crippen LogP contribution is 2.58. The third-order valence-electron chi connectivity index (χ3n) is 7.79. The van der Waals surface area contributed by atoms with Gasteiger partial charge in [-0.05, 0) is 47.8 Å². The topological polar surface area (TPSA) is 94.7 Å². The number of hydrogen-bond donors (Lipinski definition) is 3. The molecule has 2 saturated heterocycles. The number of rotatable bonds is 7. The average molecular weight is 447 g/mol. The number of hydrogen-bond acceptors (Lipinski definition) is 7. The van der Waals surface area contributed by atoms with Crippen LogP contribution < -0.4 is 5.32 Å². The molecule has 2 aromatic carbocycles. The van der Waals surface area contributed by atoms with Crippen LogP contribution in [0.4, 0.5) is 0 Å². The van der Waals surface area contributed by atoms with E-state index in [1.165, 1.54) is 12.0 Å². The summed E-state index contributed by atoms with van der Waals surface area (Å²) in [5, 5.41) is 33.0. The molecule has 6 rings (SSSR count). The number of likely N-dealkylation sites (tertiary alicyclic amines) is 1. The molecule has 0 radical (unpaired) electrons. The molecule has 3 heterocycles. The second-order valence-corrected chi connectivity index (χ2v) is 9.81. The minimum atomic E-state index is -0.579. The summed E-state index contributed by atoms with van der Waals surface area (Å²) >= 11 is 0. The van der Waals surface area contributed by atoms with Crippen LogP contribution in [0.5, 0.6) is 0 Å². The Bertz CT molecular complexity index is 1050. The van der Waals surface area contributed by atoms with Crippen molar-refractivity contribution in [1.29, 1.82) is 0 Å². The lowest BCUT2D eigenvalue weighted by molar-refractivity contribution is 0.00902. The van der Waals surface area contributed by atoms with Crippen molar-refractivity contribution in [3.05, 3.63) is 83.6 Å². The smallest absolute Gasteiger partial charge is 0.219 e. The van der Waals surface area contributed by atoms with Crippen LogP contribution in [-0.4, -0.2) is 50.5 Å². The van der Waals surface area contributed by atoms with Crippen molar-refractivity contribution in [2.75, 3.05) is 13.1 Å². The maximum Gasteiger partial charge on any atom is 0.219 e. The quantitative estimate of drug-likeness (QED) is 0.514. The molecule has 0 bridgehead atoms. The van der Waals surface area contributed by atoms with Gasteiger partial charge in [0.05, 0.1) is 6.10 Å². The number of aromatic nitrogens is 2. The van der Waals surface area contributed by atoms with Crippen LogP contribution in [0.2, 0.25) is 0 Å². The first-order valence-electron chi connectivity index (χ1n) is 11.9. The molecular formula is C26H30N4O3. The van der Waals surface area contributed by atoms with Crippen molar-refractivity contribution in [2.24, 2.45) is 11.8 Å². The van der Waals surface area contributed by atoms with E-state index in [2.05, 4.69) is 32.5 Å². The number of aliphatic hydroxyl groups is 2. The van der Waals surface area contributed by atoms with E-state index in [4.69, 9.17) is 4.42 Å². The number of aliphatic hydroxyl groups excluding tert-OH is 2. The zero-order valence-corrected chi connectivity index (χ0v) is 18.5. The standard InChI is InChI=1S/C26H30N4O3/c31-24(17-4-2-1-3-5-17)22-11-10-19(28-22)12-16-6-8-18(9-7-16)26(32)30-13-20-21(14-30)23(20)25-29-27-15-33-25/h1-9,15,19-24,26,28,31-32H,10-14H2/t19-,20-,21?,22+,23?,24+,26?/m0/s1. The van der Waals surface area contributed by atoms with E-state index in [1.807, 2.05) is 42.5 Å². The third-order valence-corrected chi connectivity index (χ3v) is 7.79. The molecule has 0 spiro atoms. The first-order chi connectivity index (χ1) is 16.2. The first kappa shape index (κ1) is 21.0. The summed E-state index contributed by atoms with van der Waals surface area (Å²) in [5.74, 6) is 2.11. The van der Waals surface area contributed by atoms with Gasteiger partial charge in [0, 0.05) is 31.1 Å². The van der Waals surface area contributed by atoms with E-state index in [0.29, 0.717) is 23.8 Å². The molecule has 7 nitrogen and oxygen atoms in total. The lowest BCUT2D eigenvalue weighted by Gasteiger charge is -2.25. The minimum absolute atomic E-state index is 0.0936. The molecular weight excluding hydrogens is 416 g/mol. The molecule has 7 heteroatoms. The Kier molecular flexibility index (Phi) is 5.50. The van der Waals surface area contributed by atoms with Gasteiger partial charge >= 0.3 is 0 Å². The zero-order chi connectivity index (χ0) is 22.4. The van der Waals surface area contributed by atoms with Gasteiger partial charge in [-0.15, -0.1) is 10.2 Å². The molecule has 1 aliphatic carbocycles. The largest absolute Gasteiger partial charge is 0.428 e. The SMILES string of the molecule is OC(c1ccc(C[C@@H]2CC[C@H]([C@H](O)c3ccccc3)N2)cc1)N1CC2C(c3nnco3)[C@H]2C1. The highest BCUT2D eigenvalue weighted by Gasteiger charge is 2.59. The van der Waals surface area contributed by atoms with Crippen LogP contribution in [0.25, 0.3) is 0 Å². The summed E-state index contributed by atoms with van der Waals surface area (Å²) in [6.45, 7) is 1.72. The molecule has 7 atom stereocenters. The summed E-state index contributed by atoms with van der Waals surface area (Å²) in [5.41, 5.74) is 3.15. The lowest BCUT2D eigenvalue weighted by atomic mass is 10.0. The van der Waals surface area contributed by atoms with Gasteiger partial charge in [-0.3, -0.25) is 4.90 Å². The van der Waals surface area contributed by atoms with E-state index < -0.39 is 12.3 Å². The molecule has 3 fully saturated rings. The normalized spacial score (nSPS) is 30.8. The summed E-state index contributed by atoms with van der Waals surface area (Å²) < 4.78 is 5.36. The molecule has 1 saturated carbocycles. The van der Waals surface area contributed by atoms with Crippen molar-refractivity contribution in [3.8, 4) is 0 Å².